The van der Waals surface area contributed by atoms with E-state index in [0.717, 1.165) is 49.9 Å². The Morgan fingerprint density at radius 1 is 0.966 bits per heavy atom. The van der Waals surface area contributed by atoms with Crippen LogP contribution in [-0.4, -0.2) is 106 Å². The first-order valence-corrected chi connectivity index (χ1v) is 20.7. The second-order valence-corrected chi connectivity index (χ2v) is 19.1. The van der Waals surface area contributed by atoms with Crippen LogP contribution in [0.5, 0.6) is 0 Å². The van der Waals surface area contributed by atoms with Crippen LogP contribution in [-0.2, 0) is 27.4 Å². The van der Waals surface area contributed by atoms with Crippen LogP contribution in [0, 0.1) is 28.9 Å². The maximum atomic E-state index is 18.0. The number of aromatic nitrogens is 3. The van der Waals surface area contributed by atoms with E-state index < -0.39 is 28.9 Å². The molecule has 0 spiro atoms. The van der Waals surface area contributed by atoms with E-state index in [4.69, 9.17) is 24.2 Å². The molecule has 2 amide bonds. The number of ether oxygens (including phenoxy) is 3. The lowest BCUT2D eigenvalue weighted by Gasteiger charge is -2.42. The van der Waals surface area contributed by atoms with Gasteiger partial charge in [0.05, 0.1) is 40.8 Å². The summed E-state index contributed by atoms with van der Waals surface area (Å²) in [6.45, 7) is 14.2. The summed E-state index contributed by atoms with van der Waals surface area (Å²) >= 11 is 0.859. The molecule has 9 rings (SSSR count). The van der Waals surface area contributed by atoms with Crippen molar-refractivity contribution in [3.63, 3.8) is 0 Å². The lowest BCUT2D eigenvalue weighted by atomic mass is 9.93. The van der Waals surface area contributed by atoms with Crippen molar-refractivity contribution in [2.75, 3.05) is 54.9 Å². The van der Waals surface area contributed by atoms with Crippen LogP contribution < -0.4 is 15.1 Å². The Bertz CT molecular complexity index is 2410. The maximum absolute atomic E-state index is 18.0. The third-order valence-electron chi connectivity index (χ3n) is 11.9. The summed E-state index contributed by atoms with van der Waals surface area (Å²) in [4.78, 5) is 49.4. The number of hydrogen-bond acceptors (Lipinski definition) is 13. The highest BCUT2D eigenvalue weighted by Crippen LogP contribution is 2.49. The standard InChI is InChI=1S/C41H47F2N9O5S/c1-40(2,3)56-38(53)48-36-23(12-44)29-32(45-13-26(42)34(29)58-36)28-24-18-55-19-25(24)30-33(31(28)43)46-37(50-14-20-10-11-49(7)27(20)17-50)47-35(30)52-21-8-9-22(52)16-51(15-21)39(54)57-41(4,5)6/h13,20-22,27H,8-11,14-19H2,1-7H3,(H,48,53)/t20-,21?,22?,27+/m0/s1. The van der Waals surface area contributed by atoms with Gasteiger partial charge in [-0.25, -0.2) is 23.4 Å². The molecule has 0 radical (unpaired) electrons. The van der Waals surface area contributed by atoms with Crippen LogP contribution in [0.2, 0.25) is 0 Å². The quantitative estimate of drug-likeness (QED) is 0.223. The fraction of sp³-hybridized carbons (Fsp3) is 0.561. The molecule has 8 heterocycles. The second kappa shape index (κ2) is 13.8. The number of benzene rings is 1. The molecule has 4 saturated heterocycles. The SMILES string of the molecule is CN1CC[C@H]2CN(c3nc(N4C5CCC4CN(C(=O)OC(C)(C)C)C5)c4c5c(c(-c6ncc(F)c7sc(NC(=O)OC(C)(C)C)c(C#N)c67)c(F)c4n3)COC5)C[C@H]21. The van der Waals surface area contributed by atoms with E-state index in [-0.39, 0.29) is 68.8 Å². The number of anilines is 3. The summed E-state index contributed by atoms with van der Waals surface area (Å²) in [5.41, 5.74) is -0.121. The normalized spacial score (nSPS) is 23.1. The number of halogens is 2. The Kier molecular flexibility index (Phi) is 9.21. The van der Waals surface area contributed by atoms with Gasteiger partial charge >= 0.3 is 12.2 Å². The predicted molar refractivity (Wildman–Crippen MR) is 215 cm³/mol. The molecule has 4 atom stereocenters. The first kappa shape index (κ1) is 38.6. The Morgan fingerprint density at radius 2 is 1.67 bits per heavy atom. The lowest BCUT2D eigenvalue weighted by molar-refractivity contribution is 0.0209. The zero-order valence-corrected chi connectivity index (χ0v) is 34.6. The van der Waals surface area contributed by atoms with Gasteiger partial charge in [0.15, 0.2) is 11.6 Å². The van der Waals surface area contributed by atoms with Gasteiger partial charge in [0.2, 0.25) is 5.95 Å². The predicted octanol–water partition coefficient (Wildman–Crippen LogP) is 7.16. The number of carbonyl (C=O) groups is 2. The highest BCUT2D eigenvalue weighted by atomic mass is 32.1. The average molecular weight is 816 g/mol. The van der Waals surface area contributed by atoms with Crippen molar-refractivity contribution in [3.05, 3.63) is 34.5 Å². The average Bonchev–Trinajstić information content (AvgIpc) is 3.97. The zero-order chi connectivity index (χ0) is 41.0. The number of pyridine rings is 1. The van der Waals surface area contributed by atoms with Gasteiger partial charge in [0, 0.05) is 55.3 Å². The summed E-state index contributed by atoms with van der Waals surface area (Å²) in [6, 6.07) is 2.24. The van der Waals surface area contributed by atoms with Crippen molar-refractivity contribution >= 4 is 61.3 Å². The van der Waals surface area contributed by atoms with Gasteiger partial charge < -0.3 is 33.8 Å². The minimum Gasteiger partial charge on any atom is -0.444 e. The summed E-state index contributed by atoms with van der Waals surface area (Å²) in [7, 11) is 2.13. The smallest absolute Gasteiger partial charge is 0.412 e. The fourth-order valence-corrected chi connectivity index (χ4v) is 10.5. The molecule has 4 fully saturated rings. The Balaban J connectivity index is 1.22. The number of piperazine rings is 1. The van der Waals surface area contributed by atoms with Crippen LogP contribution in [0.1, 0.15) is 77.5 Å². The number of nitriles is 1. The van der Waals surface area contributed by atoms with Gasteiger partial charge in [0.1, 0.15) is 33.6 Å². The molecule has 4 aromatic rings. The minimum absolute atomic E-state index is 0.0371. The lowest BCUT2D eigenvalue weighted by Crippen LogP contribution is -2.56. The molecule has 5 aliphatic heterocycles. The van der Waals surface area contributed by atoms with Gasteiger partial charge in [-0.2, -0.15) is 10.2 Å². The fourth-order valence-electron chi connectivity index (χ4n) is 9.49. The Labute approximate surface area is 339 Å². The second-order valence-electron chi connectivity index (χ2n) is 18.1. The molecule has 1 N–H and O–H groups in total. The first-order chi connectivity index (χ1) is 27.5. The van der Waals surface area contributed by atoms with E-state index in [0.29, 0.717) is 59.9 Å². The zero-order valence-electron chi connectivity index (χ0n) is 33.7. The number of fused-ring (bicyclic) bond motifs is 7. The molecule has 17 heteroatoms. The van der Waals surface area contributed by atoms with Crippen LogP contribution in [0.15, 0.2) is 6.20 Å². The van der Waals surface area contributed by atoms with Crippen molar-refractivity contribution in [2.45, 2.75) is 103 Å². The topological polar surface area (TPSA) is 149 Å². The molecule has 58 heavy (non-hydrogen) atoms. The molecule has 0 aliphatic carbocycles. The van der Waals surface area contributed by atoms with Gasteiger partial charge in [0.25, 0.3) is 0 Å². The number of likely N-dealkylation sites (tertiary alicyclic amines) is 2. The summed E-state index contributed by atoms with van der Waals surface area (Å²) in [5, 5.41) is 13.7. The number of nitrogens with one attached hydrogen (secondary N) is 1. The summed E-state index contributed by atoms with van der Waals surface area (Å²) < 4.78 is 50.9. The van der Waals surface area contributed by atoms with E-state index in [1.807, 2.05) is 20.8 Å². The molecule has 1 aromatic carbocycles. The maximum Gasteiger partial charge on any atom is 0.412 e. The molecule has 14 nitrogen and oxygen atoms in total. The number of carbonyl (C=O) groups excluding carboxylic acids is 2. The summed E-state index contributed by atoms with van der Waals surface area (Å²) in [5.74, 6) is 0.0421. The van der Waals surface area contributed by atoms with Crippen molar-refractivity contribution in [2.24, 2.45) is 5.92 Å². The van der Waals surface area contributed by atoms with Crippen LogP contribution in [0.3, 0.4) is 0 Å². The van der Waals surface area contributed by atoms with Gasteiger partial charge in [-0.15, -0.1) is 11.3 Å². The number of nitrogens with zero attached hydrogens (tertiary/aromatic N) is 8. The number of thiophene rings is 1. The van der Waals surface area contributed by atoms with Crippen molar-refractivity contribution in [1.29, 1.82) is 5.26 Å². The number of likely N-dealkylation sites (N-methyl/N-ethyl adjacent to an activating group) is 1. The minimum atomic E-state index is -0.825. The van der Waals surface area contributed by atoms with Crippen molar-refractivity contribution in [1.82, 2.24) is 24.8 Å². The van der Waals surface area contributed by atoms with Crippen molar-refractivity contribution < 1.29 is 32.6 Å². The molecule has 3 aromatic heterocycles. The highest BCUT2D eigenvalue weighted by molar-refractivity contribution is 7.23. The summed E-state index contributed by atoms with van der Waals surface area (Å²) in [6.07, 6.45) is 2.52. The van der Waals surface area contributed by atoms with Gasteiger partial charge in [-0.1, -0.05) is 0 Å². The van der Waals surface area contributed by atoms with E-state index in [1.54, 1.807) is 25.7 Å². The first-order valence-electron chi connectivity index (χ1n) is 19.8. The van der Waals surface area contributed by atoms with Crippen LogP contribution >= 0.6 is 11.3 Å². The largest absolute Gasteiger partial charge is 0.444 e. The van der Waals surface area contributed by atoms with E-state index in [2.05, 4.69) is 38.1 Å². The number of hydrogen-bond donors (Lipinski definition) is 1. The molecular formula is C41H47F2N9O5S. The van der Waals surface area contributed by atoms with Crippen LogP contribution in [0.25, 0.3) is 32.2 Å². The van der Waals surface area contributed by atoms with Crippen molar-refractivity contribution in [3.8, 4) is 17.3 Å². The molecule has 2 unspecified atom stereocenters. The number of amides is 2. The van der Waals surface area contributed by atoms with E-state index >= 15 is 8.78 Å². The van der Waals surface area contributed by atoms with E-state index in [1.165, 1.54) is 0 Å². The van der Waals surface area contributed by atoms with Gasteiger partial charge in [-0.3, -0.25) is 10.3 Å². The van der Waals surface area contributed by atoms with E-state index in [9.17, 15) is 14.9 Å². The third kappa shape index (κ3) is 6.53. The molecule has 2 bridgehead atoms. The highest BCUT2D eigenvalue weighted by Gasteiger charge is 2.46. The van der Waals surface area contributed by atoms with Gasteiger partial charge in [-0.05, 0) is 91.4 Å². The molecule has 306 valence electrons. The molecule has 0 saturated carbocycles. The van der Waals surface area contributed by atoms with Crippen LogP contribution in [0.4, 0.5) is 35.1 Å². The monoisotopic (exact) mass is 815 g/mol. The Hall–Kier alpha value is -4.92. The molecule has 5 aliphatic rings. The molecular weight excluding hydrogens is 769 g/mol. The number of rotatable bonds is 4. The Morgan fingerprint density at radius 3 is 2.34 bits per heavy atom. The third-order valence-corrected chi connectivity index (χ3v) is 13.0.